The second kappa shape index (κ2) is 12.0. The molecule has 28 heavy (non-hydrogen) atoms. The summed E-state index contributed by atoms with van der Waals surface area (Å²) in [7, 11) is 0. The summed E-state index contributed by atoms with van der Waals surface area (Å²) < 4.78 is 39.4. The molecule has 0 saturated carbocycles. The van der Waals surface area contributed by atoms with Crippen LogP contribution in [0, 0.1) is 0 Å². The minimum Gasteiger partial charge on any atom is -0.652 e. The van der Waals surface area contributed by atoms with Crippen LogP contribution in [0.25, 0.3) is 5.32 Å². The molecule has 151 valence electrons. The number of halogens is 3. The van der Waals surface area contributed by atoms with Gasteiger partial charge in [-0.2, -0.15) is 13.2 Å². The van der Waals surface area contributed by atoms with Gasteiger partial charge in [0, 0.05) is 39.3 Å². The predicted molar refractivity (Wildman–Crippen MR) is 98.4 cm³/mol. The van der Waals surface area contributed by atoms with Crippen molar-refractivity contribution in [3.05, 3.63) is 76.1 Å². The molecule has 1 aliphatic heterocycles. The fraction of sp³-hybridized carbons (Fsp3) is 0.400. The predicted octanol–water partition coefficient (Wildman–Crippen LogP) is 3.63. The normalized spacial score (nSPS) is 16.9. The number of hydrogen-bond donors (Lipinski definition) is 3. The van der Waals surface area contributed by atoms with E-state index in [2.05, 4.69) is 10.6 Å². The first-order valence-electron chi connectivity index (χ1n) is 8.74. The summed E-state index contributed by atoms with van der Waals surface area (Å²) in [5, 5.41) is 23.6. The van der Waals surface area contributed by atoms with Crippen molar-refractivity contribution in [2.75, 3.05) is 19.8 Å². The van der Waals surface area contributed by atoms with Crippen molar-refractivity contribution in [3.63, 3.8) is 0 Å². The van der Waals surface area contributed by atoms with Gasteiger partial charge in [0.1, 0.15) is 0 Å². The van der Waals surface area contributed by atoms with E-state index in [0.717, 1.165) is 23.6 Å². The van der Waals surface area contributed by atoms with Gasteiger partial charge < -0.3 is 15.5 Å². The van der Waals surface area contributed by atoms with Crippen LogP contribution in [0.4, 0.5) is 13.2 Å². The Morgan fingerprint density at radius 1 is 1.11 bits per heavy atom. The standard InChI is InChI=1S/C16H13F3N.C4H11NO2.Y/c17-16(18,19)14-8-4-3-7-13(14)15-12-6-2-1-5-11(12)9-10-20-15;1-4(7)2-5-3-6;/h1-8,15H,9-10H2;4-7H,2-3H2,1H3;/q-1;;. The molecule has 0 aliphatic carbocycles. The fourth-order valence-corrected chi connectivity index (χ4v) is 2.97. The molecule has 2 aromatic rings. The van der Waals surface area contributed by atoms with Crippen molar-refractivity contribution in [3.8, 4) is 0 Å². The van der Waals surface area contributed by atoms with E-state index >= 15 is 0 Å². The molecule has 0 amide bonds. The van der Waals surface area contributed by atoms with Crippen molar-refractivity contribution < 1.29 is 56.1 Å². The van der Waals surface area contributed by atoms with Gasteiger partial charge >= 0.3 is 6.18 Å². The third kappa shape index (κ3) is 7.21. The first-order chi connectivity index (χ1) is 12.8. The zero-order valence-corrected chi connectivity index (χ0v) is 18.5. The van der Waals surface area contributed by atoms with Gasteiger partial charge in [-0.05, 0) is 30.5 Å². The van der Waals surface area contributed by atoms with Crippen molar-refractivity contribution in [2.45, 2.75) is 31.7 Å². The van der Waals surface area contributed by atoms with Gasteiger partial charge in [-0.1, -0.05) is 54.1 Å². The molecular weight excluding hydrogens is 446 g/mol. The maximum Gasteiger partial charge on any atom is 0.416 e. The molecular formula is C20H24F3N2O2Y-. The van der Waals surface area contributed by atoms with Crippen molar-refractivity contribution in [2.24, 2.45) is 0 Å². The molecule has 0 saturated heterocycles. The van der Waals surface area contributed by atoms with Gasteiger partial charge in [0.15, 0.2) is 0 Å². The van der Waals surface area contributed by atoms with E-state index in [1.165, 1.54) is 12.1 Å². The number of aliphatic hydroxyl groups excluding tert-OH is 2. The zero-order valence-electron chi connectivity index (χ0n) is 15.7. The molecule has 2 unspecified atom stereocenters. The minimum absolute atomic E-state index is 0. The van der Waals surface area contributed by atoms with Crippen molar-refractivity contribution in [1.29, 1.82) is 0 Å². The Kier molecular flexibility index (Phi) is 10.8. The van der Waals surface area contributed by atoms with Crippen LogP contribution < -0.4 is 5.32 Å². The van der Waals surface area contributed by atoms with E-state index in [9.17, 15) is 13.2 Å². The van der Waals surface area contributed by atoms with E-state index in [0.29, 0.717) is 13.1 Å². The van der Waals surface area contributed by atoms with Crippen LogP contribution in [0.1, 0.15) is 35.2 Å². The molecule has 0 fully saturated rings. The van der Waals surface area contributed by atoms with E-state index in [1.54, 1.807) is 13.0 Å². The molecule has 8 heteroatoms. The molecule has 0 aromatic heterocycles. The van der Waals surface area contributed by atoms with E-state index < -0.39 is 17.8 Å². The number of nitrogens with one attached hydrogen (secondary N) is 1. The molecule has 3 rings (SSSR count). The molecule has 2 aromatic carbocycles. The number of aliphatic hydroxyl groups is 2. The topological polar surface area (TPSA) is 66.6 Å². The van der Waals surface area contributed by atoms with Crippen LogP contribution in [-0.2, 0) is 45.3 Å². The van der Waals surface area contributed by atoms with Gasteiger partial charge in [0.25, 0.3) is 0 Å². The second-order valence-electron chi connectivity index (χ2n) is 6.30. The molecule has 1 radical (unpaired) electrons. The second-order valence-corrected chi connectivity index (χ2v) is 6.30. The van der Waals surface area contributed by atoms with Crippen LogP contribution in [0.3, 0.4) is 0 Å². The molecule has 0 spiro atoms. The third-order valence-corrected chi connectivity index (χ3v) is 4.15. The van der Waals surface area contributed by atoms with Gasteiger partial charge in [0.2, 0.25) is 0 Å². The smallest absolute Gasteiger partial charge is 0.416 e. The summed E-state index contributed by atoms with van der Waals surface area (Å²) in [4.78, 5) is 0. The summed E-state index contributed by atoms with van der Waals surface area (Å²) in [6, 6.07) is 12.8. The Hall–Kier alpha value is -0.826. The Morgan fingerprint density at radius 3 is 2.29 bits per heavy atom. The van der Waals surface area contributed by atoms with Gasteiger partial charge in [-0.15, -0.1) is 6.54 Å². The fourth-order valence-electron chi connectivity index (χ4n) is 2.97. The Bertz CT molecular complexity index is 727. The van der Waals surface area contributed by atoms with Crippen molar-refractivity contribution >= 4 is 0 Å². The Morgan fingerprint density at radius 2 is 1.71 bits per heavy atom. The van der Waals surface area contributed by atoms with Crippen molar-refractivity contribution in [1.82, 2.24) is 5.32 Å². The van der Waals surface area contributed by atoms with Gasteiger partial charge in [-0.25, -0.2) is 0 Å². The minimum atomic E-state index is -4.35. The average molecular weight is 470 g/mol. The van der Waals surface area contributed by atoms with E-state index in [1.807, 2.05) is 24.3 Å². The quantitative estimate of drug-likeness (QED) is 0.599. The summed E-state index contributed by atoms with van der Waals surface area (Å²) in [5.41, 5.74) is 1.62. The summed E-state index contributed by atoms with van der Waals surface area (Å²) in [6.45, 7) is 2.61. The van der Waals surface area contributed by atoms with E-state index in [4.69, 9.17) is 10.2 Å². The molecule has 0 bridgehead atoms. The summed E-state index contributed by atoms with van der Waals surface area (Å²) in [5.74, 6) is 0. The van der Waals surface area contributed by atoms with Crippen LogP contribution in [0.5, 0.6) is 0 Å². The maximum absolute atomic E-state index is 13.1. The van der Waals surface area contributed by atoms with E-state index in [-0.39, 0.29) is 51.1 Å². The Balaban J connectivity index is 0.000000425. The number of fused-ring (bicyclic) bond motifs is 1. The average Bonchev–Trinajstić information content (AvgIpc) is 2.65. The molecule has 1 aliphatic rings. The summed E-state index contributed by atoms with van der Waals surface area (Å²) >= 11 is 0. The van der Waals surface area contributed by atoms with Gasteiger partial charge in [0.05, 0.1) is 18.4 Å². The molecule has 3 N–H and O–H groups in total. The largest absolute Gasteiger partial charge is 0.652 e. The zero-order chi connectivity index (χ0) is 19.9. The van der Waals surface area contributed by atoms with Gasteiger partial charge in [-0.3, -0.25) is 5.32 Å². The molecule has 2 atom stereocenters. The number of rotatable bonds is 4. The summed E-state index contributed by atoms with van der Waals surface area (Å²) in [6.07, 6.45) is -3.92. The number of nitrogens with zero attached hydrogens (tertiary/aromatic N) is 1. The van der Waals surface area contributed by atoms with Crippen LogP contribution in [0.2, 0.25) is 0 Å². The number of benzene rings is 2. The van der Waals surface area contributed by atoms with Crippen LogP contribution in [0.15, 0.2) is 48.5 Å². The third-order valence-electron chi connectivity index (χ3n) is 4.15. The monoisotopic (exact) mass is 470 g/mol. The number of alkyl halides is 3. The number of hydrogen-bond acceptors (Lipinski definition) is 3. The SMILES string of the molecule is CC(O)CNCO.FC(F)(F)c1ccccc1C1[N-]CCc2ccccc21.[Y]. The van der Waals surface area contributed by atoms with Crippen LogP contribution >= 0.6 is 0 Å². The molecule has 1 heterocycles. The first-order valence-corrected chi connectivity index (χ1v) is 8.74. The molecule has 4 nitrogen and oxygen atoms in total. The Labute approximate surface area is 188 Å². The first kappa shape index (κ1) is 25.2. The van der Waals surface area contributed by atoms with Crippen LogP contribution in [-0.4, -0.2) is 36.1 Å². The maximum atomic E-state index is 13.1.